The maximum absolute atomic E-state index is 2.44. The Bertz CT molecular complexity index is 4040. The molecule has 306 valence electrons. The highest BCUT2D eigenvalue weighted by molar-refractivity contribution is 6.22. The van der Waals surface area contributed by atoms with E-state index in [9.17, 15) is 0 Å². The van der Waals surface area contributed by atoms with Gasteiger partial charge in [0.15, 0.2) is 0 Å². The number of rotatable bonds is 6. The Morgan fingerprint density at radius 3 is 1.03 bits per heavy atom. The molecule has 0 aromatic heterocycles. The van der Waals surface area contributed by atoms with Crippen LogP contribution in [0.4, 0.5) is 0 Å². The van der Waals surface area contributed by atoms with Gasteiger partial charge in [0.2, 0.25) is 0 Å². The van der Waals surface area contributed by atoms with Crippen molar-refractivity contribution in [1.82, 2.24) is 0 Å². The quantitative estimate of drug-likeness (QED) is 0.146. The molecule has 66 heavy (non-hydrogen) atoms. The van der Waals surface area contributed by atoms with Crippen LogP contribution in [0.25, 0.3) is 131 Å². The second-order valence-corrected chi connectivity index (χ2v) is 17.6. The van der Waals surface area contributed by atoms with E-state index in [4.69, 9.17) is 0 Å². The Kier molecular flexibility index (Phi) is 8.96. The van der Waals surface area contributed by atoms with E-state index in [1.54, 1.807) is 0 Å². The number of fused-ring (bicyclic) bond motifs is 6. The van der Waals surface area contributed by atoms with Crippen LogP contribution in [-0.2, 0) is 0 Å². The van der Waals surface area contributed by atoms with Gasteiger partial charge in [-0.3, -0.25) is 0 Å². The van der Waals surface area contributed by atoms with Crippen LogP contribution in [0, 0.1) is 0 Å². The van der Waals surface area contributed by atoms with Crippen molar-refractivity contribution in [3.63, 3.8) is 0 Å². The van der Waals surface area contributed by atoms with Gasteiger partial charge in [-0.05, 0) is 168 Å². The zero-order valence-electron chi connectivity index (χ0n) is 36.2. The van der Waals surface area contributed by atoms with Crippen molar-refractivity contribution < 1.29 is 0 Å². The fraction of sp³-hybridized carbons (Fsp3) is 0. The summed E-state index contributed by atoms with van der Waals surface area (Å²) in [6.45, 7) is 0. The first-order valence-corrected chi connectivity index (χ1v) is 22.9. The molecule has 0 radical (unpaired) electrons. The Labute approximate surface area is 384 Å². The van der Waals surface area contributed by atoms with Crippen LogP contribution in [0.3, 0.4) is 0 Å². The molecule has 0 amide bonds. The largest absolute Gasteiger partial charge is 0.0616 e. The minimum absolute atomic E-state index is 1.19. The summed E-state index contributed by atoms with van der Waals surface area (Å²) in [5, 5.41) is 15.0. The van der Waals surface area contributed by atoms with Gasteiger partial charge < -0.3 is 0 Å². The molecule has 0 heterocycles. The Morgan fingerprint density at radius 1 is 0.152 bits per heavy atom. The molecular weight excluding hydrogens is 793 g/mol. The fourth-order valence-corrected chi connectivity index (χ4v) is 10.5. The van der Waals surface area contributed by atoms with Gasteiger partial charge in [0.1, 0.15) is 0 Å². The van der Waals surface area contributed by atoms with Crippen LogP contribution >= 0.6 is 0 Å². The molecule has 13 aromatic rings. The monoisotopic (exact) mass is 834 g/mol. The molecule has 0 aliphatic heterocycles. The van der Waals surface area contributed by atoms with Crippen molar-refractivity contribution in [3.8, 4) is 66.8 Å². The highest BCUT2D eigenvalue weighted by Gasteiger charge is 2.19. The van der Waals surface area contributed by atoms with E-state index in [1.165, 1.54) is 131 Å². The summed E-state index contributed by atoms with van der Waals surface area (Å²) in [5.74, 6) is 0. The SMILES string of the molecule is c1ccc2cc(-c3ccc(-c4ccc(-c5ccc6c(-c7ccc8ccccc8c7)c7ccccc7c(-c7ccc8ccccc8c7)c6c5)cc4)c(-c4ccc5ccccc5c4)c3)ccc2c1. The van der Waals surface area contributed by atoms with E-state index in [0.717, 1.165) is 0 Å². The van der Waals surface area contributed by atoms with E-state index in [-0.39, 0.29) is 0 Å². The maximum Gasteiger partial charge on any atom is -0.00259 e. The average Bonchev–Trinajstić information content (AvgIpc) is 3.39. The number of benzene rings is 13. The van der Waals surface area contributed by atoms with Gasteiger partial charge in [-0.25, -0.2) is 0 Å². The zero-order chi connectivity index (χ0) is 43.6. The predicted octanol–water partition coefficient (Wildman–Crippen LogP) is 18.6. The molecule has 0 aliphatic rings. The smallest absolute Gasteiger partial charge is 0.00259 e. The van der Waals surface area contributed by atoms with Gasteiger partial charge in [-0.2, -0.15) is 0 Å². The van der Waals surface area contributed by atoms with Gasteiger partial charge in [0.05, 0.1) is 0 Å². The third kappa shape index (κ3) is 6.54. The minimum Gasteiger partial charge on any atom is -0.0616 e. The van der Waals surface area contributed by atoms with Gasteiger partial charge in [0, 0.05) is 0 Å². The van der Waals surface area contributed by atoms with E-state index in [0.29, 0.717) is 0 Å². The predicted molar refractivity (Wildman–Crippen MR) is 284 cm³/mol. The molecular formula is C66H42. The summed E-state index contributed by atoms with van der Waals surface area (Å²) in [5.41, 5.74) is 14.6. The molecule has 0 fully saturated rings. The number of hydrogen-bond acceptors (Lipinski definition) is 0. The molecule has 0 N–H and O–H groups in total. The molecule has 0 atom stereocenters. The molecule has 13 rings (SSSR count). The molecule has 0 saturated heterocycles. The molecule has 13 aromatic carbocycles. The lowest BCUT2D eigenvalue weighted by molar-refractivity contribution is 1.57. The van der Waals surface area contributed by atoms with E-state index in [1.807, 2.05) is 0 Å². The molecule has 0 heteroatoms. The average molecular weight is 835 g/mol. The second kappa shape index (κ2) is 15.6. The molecule has 0 aliphatic carbocycles. The highest BCUT2D eigenvalue weighted by atomic mass is 14.2. The summed E-state index contributed by atoms with van der Waals surface area (Å²) >= 11 is 0. The van der Waals surface area contributed by atoms with Crippen molar-refractivity contribution in [2.75, 3.05) is 0 Å². The van der Waals surface area contributed by atoms with Crippen LogP contribution in [0.1, 0.15) is 0 Å². The van der Waals surface area contributed by atoms with E-state index >= 15 is 0 Å². The lowest BCUT2D eigenvalue weighted by atomic mass is 9.84. The van der Waals surface area contributed by atoms with Crippen molar-refractivity contribution >= 4 is 64.6 Å². The van der Waals surface area contributed by atoms with Crippen LogP contribution in [-0.4, -0.2) is 0 Å². The standard InChI is InChI=1S/C66H42/c1-5-15-49-37-53(29-23-43(49)11-1)55-33-35-59(63(41-55)56-30-24-44-12-2-6-16-50(44)38-56)48-27-21-47(22-28-48)54-34-36-62-64(42-54)66(58-32-26-46-14-4-8-18-52(46)40-58)61-20-10-9-19-60(61)65(62)57-31-25-45-13-3-7-17-51(45)39-57/h1-42H. The van der Waals surface area contributed by atoms with Crippen molar-refractivity contribution in [1.29, 1.82) is 0 Å². The summed E-state index contributed by atoms with van der Waals surface area (Å²) in [6, 6.07) is 94.4. The Morgan fingerprint density at radius 2 is 0.485 bits per heavy atom. The molecule has 0 bridgehead atoms. The lowest BCUT2D eigenvalue weighted by Gasteiger charge is -2.19. The lowest BCUT2D eigenvalue weighted by Crippen LogP contribution is -1.92. The normalized spacial score (nSPS) is 11.6. The topological polar surface area (TPSA) is 0 Å². The minimum atomic E-state index is 1.19. The highest BCUT2D eigenvalue weighted by Crippen LogP contribution is 2.46. The third-order valence-electron chi connectivity index (χ3n) is 13.8. The molecule has 0 unspecified atom stereocenters. The molecule has 0 saturated carbocycles. The van der Waals surface area contributed by atoms with Gasteiger partial charge in [0.25, 0.3) is 0 Å². The summed E-state index contributed by atoms with van der Waals surface area (Å²) in [6.07, 6.45) is 0. The van der Waals surface area contributed by atoms with Crippen molar-refractivity contribution in [2.45, 2.75) is 0 Å². The van der Waals surface area contributed by atoms with Crippen LogP contribution in [0.15, 0.2) is 255 Å². The zero-order valence-corrected chi connectivity index (χ0v) is 36.2. The van der Waals surface area contributed by atoms with Crippen LogP contribution in [0.2, 0.25) is 0 Å². The van der Waals surface area contributed by atoms with Crippen LogP contribution < -0.4 is 0 Å². The first-order valence-electron chi connectivity index (χ1n) is 22.9. The molecule has 0 nitrogen and oxygen atoms in total. The first kappa shape index (κ1) is 37.9. The van der Waals surface area contributed by atoms with Gasteiger partial charge >= 0.3 is 0 Å². The Balaban J connectivity index is 0.973. The Hall–Kier alpha value is -8.58. The van der Waals surface area contributed by atoms with Crippen LogP contribution in [0.5, 0.6) is 0 Å². The van der Waals surface area contributed by atoms with Crippen molar-refractivity contribution in [3.05, 3.63) is 255 Å². The molecule has 0 spiro atoms. The number of hydrogen-bond donors (Lipinski definition) is 0. The van der Waals surface area contributed by atoms with Gasteiger partial charge in [-0.1, -0.05) is 218 Å². The fourth-order valence-electron chi connectivity index (χ4n) is 10.5. The first-order chi connectivity index (χ1) is 32.7. The van der Waals surface area contributed by atoms with E-state index < -0.39 is 0 Å². The van der Waals surface area contributed by atoms with Crippen molar-refractivity contribution in [2.24, 2.45) is 0 Å². The maximum atomic E-state index is 2.44. The third-order valence-corrected chi connectivity index (χ3v) is 13.8. The summed E-state index contributed by atoms with van der Waals surface area (Å²) in [4.78, 5) is 0. The second-order valence-electron chi connectivity index (χ2n) is 17.6. The van der Waals surface area contributed by atoms with Gasteiger partial charge in [-0.15, -0.1) is 0 Å². The van der Waals surface area contributed by atoms with E-state index in [2.05, 4.69) is 255 Å². The summed E-state index contributed by atoms with van der Waals surface area (Å²) < 4.78 is 0. The summed E-state index contributed by atoms with van der Waals surface area (Å²) in [7, 11) is 0.